The minimum atomic E-state index is -3.90. The van der Waals surface area contributed by atoms with E-state index in [1.54, 1.807) is 48.5 Å². The molecule has 7 heteroatoms. The Morgan fingerprint density at radius 1 is 0.882 bits per heavy atom. The highest BCUT2D eigenvalue weighted by Gasteiger charge is 2.27. The number of nitrogens with one attached hydrogen (secondary N) is 1. The molecule has 3 aromatic rings. The Labute approximate surface area is 202 Å². The fourth-order valence-corrected chi connectivity index (χ4v) is 5.53. The molecule has 3 aromatic carbocycles. The van der Waals surface area contributed by atoms with Crippen LogP contribution in [0, 0.1) is 6.92 Å². The van der Waals surface area contributed by atoms with E-state index < -0.39 is 10.0 Å². The van der Waals surface area contributed by atoms with Crippen molar-refractivity contribution in [3.63, 3.8) is 0 Å². The molecule has 34 heavy (non-hydrogen) atoms. The van der Waals surface area contributed by atoms with Crippen molar-refractivity contribution in [1.82, 2.24) is 5.32 Å². The van der Waals surface area contributed by atoms with E-state index in [1.165, 1.54) is 24.9 Å². The number of sulfonamides is 1. The van der Waals surface area contributed by atoms with E-state index >= 15 is 0 Å². The molecule has 0 radical (unpaired) electrons. The number of benzene rings is 3. The van der Waals surface area contributed by atoms with E-state index in [-0.39, 0.29) is 17.3 Å². The predicted octanol–water partition coefficient (Wildman–Crippen LogP) is 4.50. The summed E-state index contributed by atoms with van der Waals surface area (Å²) >= 11 is 0. The summed E-state index contributed by atoms with van der Waals surface area (Å²) < 4.78 is 27.9. The largest absolute Gasteiger partial charge is 0.372 e. The van der Waals surface area contributed by atoms with Gasteiger partial charge < -0.3 is 10.2 Å². The van der Waals surface area contributed by atoms with Crippen LogP contribution in [0.25, 0.3) is 0 Å². The topological polar surface area (TPSA) is 69.7 Å². The van der Waals surface area contributed by atoms with Crippen LogP contribution < -0.4 is 14.5 Å². The van der Waals surface area contributed by atoms with Gasteiger partial charge in [-0.2, -0.15) is 0 Å². The van der Waals surface area contributed by atoms with Gasteiger partial charge in [-0.15, -0.1) is 0 Å². The molecule has 4 rings (SSSR count). The third-order valence-corrected chi connectivity index (χ3v) is 7.88. The van der Waals surface area contributed by atoms with Gasteiger partial charge in [0, 0.05) is 25.3 Å². The average Bonchev–Trinajstić information content (AvgIpc) is 2.87. The lowest BCUT2D eigenvalue weighted by molar-refractivity contribution is -0.119. The van der Waals surface area contributed by atoms with Crippen molar-refractivity contribution in [2.45, 2.75) is 37.6 Å². The summed E-state index contributed by atoms with van der Waals surface area (Å²) in [6.07, 6.45) is 3.74. The highest BCUT2D eigenvalue weighted by molar-refractivity contribution is 7.92. The van der Waals surface area contributed by atoms with Crippen molar-refractivity contribution in [3.8, 4) is 0 Å². The van der Waals surface area contributed by atoms with Gasteiger partial charge in [-0.1, -0.05) is 48.0 Å². The standard InChI is InChI=1S/C27H31N3O3S/c1-22-10-16-26(17-11-22)34(32,33)30(25-8-4-2-5-9-25)21-27(31)28-20-23-12-14-24(15-13-23)29-18-6-3-7-19-29/h2,4-5,8-17H,3,6-7,18-21H2,1H3,(H,28,31). The van der Waals surface area contributed by atoms with Crippen molar-refractivity contribution >= 4 is 27.3 Å². The monoisotopic (exact) mass is 477 g/mol. The molecule has 1 amide bonds. The Kier molecular flexibility index (Phi) is 7.53. The van der Waals surface area contributed by atoms with Crippen LogP contribution in [0.1, 0.15) is 30.4 Å². The summed E-state index contributed by atoms with van der Waals surface area (Å²) in [6.45, 7) is 4.11. The van der Waals surface area contributed by atoms with Gasteiger partial charge in [0.1, 0.15) is 6.54 Å². The molecule has 0 bridgehead atoms. The molecule has 1 heterocycles. The highest BCUT2D eigenvalue weighted by Crippen LogP contribution is 2.24. The van der Waals surface area contributed by atoms with E-state index in [0.29, 0.717) is 12.2 Å². The summed E-state index contributed by atoms with van der Waals surface area (Å²) in [5.41, 5.74) is 3.59. The van der Waals surface area contributed by atoms with Crippen molar-refractivity contribution < 1.29 is 13.2 Å². The first-order chi connectivity index (χ1) is 16.4. The number of para-hydroxylation sites is 1. The lowest BCUT2D eigenvalue weighted by Crippen LogP contribution is -2.40. The third-order valence-electron chi connectivity index (χ3n) is 6.09. The SMILES string of the molecule is Cc1ccc(S(=O)(=O)N(CC(=O)NCc2ccc(N3CCCCC3)cc2)c2ccccc2)cc1. The molecule has 0 spiro atoms. The second-order valence-corrected chi connectivity index (χ2v) is 10.5. The summed E-state index contributed by atoms with van der Waals surface area (Å²) in [6, 6.07) is 23.6. The van der Waals surface area contributed by atoms with Crippen LogP contribution >= 0.6 is 0 Å². The van der Waals surface area contributed by atoms with Crippen molar-refractivity contribution in [2.24, 2.45) is 0 Å². The molecule has 1 saturated heterocycles. The molecule has 0 atom stereocenters. The number of aryl methyl sites for hydroxylation is 1. The van der Waals surface area contributed by atoms with Gasteiger partial charge in [0.25, 0.3) is 10.0 Å². The van der Waals surface area contributed by atoms with Gasteiger partial charge in [0.05, 0.1) is 10.6 Å². The first kappa shape index (κ1) is 23.8. The van der Waals surface area contributed by atoms with Crippen molar-refractivity contribution in [3.05, 3.63) is 90.0 Å². The second-order valence-electron chi connectivity index (χ2n) is 8.65. The number of anilines is 2. The van der Waals surface area contributed by atoms with Gasteiger partial charge in [-0.3, -0.25) is 9.10 Å². The Hall–Kier alpha value is -3.32. The van der Waals surface area contributed by atoms with E-state index in [2.05, 4.69) is 22.3 Å². The zero-order chi connectivity index (χ0) is 24.0. The molecule has 1 aliphatic rings. The van der Waals surface area contributed by atoms with E-state index in [1.807, 2.05) is 25.1 Å². The normalized spacial score (nSPS) is 14.0. The molecular weight excluding hydrogens is 446 g/mol. The number of piperidine rings is 1. The number of hydrogen-bond acceptors (Lipinski definition) is 4. The van der Waals surface area contributed by atoms with Crippen LogP contribution in [0.15, 0.2) is 83.8 Å². The van der Waals surface area contributed by atoms with Gasteiger partial charge in [0.2, 0.25) is 5.91 Å². The molecule has 0 aromatic heterocycles. The number of hydrogen-bond donors (Lipinski definition) is 1. The Bertz CT molecular complexity index is 1190. The summed E-state index contributed by atoms with van der Waals surface area (Å²) in [5.74, 6) is -0.361. The second kappa shape index (κ2) is 10.7. The fraction of sp³-hybridized carbons (Fsp3) is 0.296. The molecular formula is C27H31N3O3S. The zero-order valence-electron chi connectivity index (χ0n) is 19.5. The molecule has 0 unspecified atom stereocenters. The summed E-state index contributed by atoms with van der Waals surface area (Å²) in [4.78, 5) is 15.4. The van der Waals surface area contributed by atoms with Crippen molar-refractivity contribution in [1.29, 1.82) is 0 Å². The zero-order valence-corrected chi connectivity index (χ0v) is 20.3. The Morgan fingerprint density at radius 3 is 2.18 bits per heavy atom. The number of amides is 1. The minimum Gasteiger partial charge on any atom is -0.372 e. The van der Waals surface area contributed by atoms with Gasteiger partial charge in [-0.25, -0.2) is 8.42 Å². The molecule has 6 nitrogen and oxygen atoms in total. The predicted molar refractivity (Wildman–Crippen MR) is 137 cm³/mol. The van der Waals surface area contributed by atoms with E-state index in [9.17, 15) is 13.2 Å². The van der Waals surface area contributed by atoms with E-state index in [0.717, 1.165) is 28.5 Å². The molecule has 178 valence electrons. The molecule has 0 aliphatic carbocycles. The van der Waals surface area contributed by atoms with Crippen LogP contribution in [0.5, 0.6) is 0 Å². The quantitative estimate of drug-likeness (QED) is 0.519. The van der Waals surface area contributed by atoms with Crippen LogP contribution in [0.3, 0.4) is 0 Å². The maximum atomic E-state index is 13.4. The molecule has 1 aliphatic heterocycles. The average molecular weight is 478 g/mol. The molecule has 1 N–H and O–H groups in total. The lowest BCUT2D eigenvalue weighted by Gasteiger charge is -2.28. The van der Waals surface area contributed by atoms with Crippen molar-refractivity contribution in [2.75, 3.05) is 28.8 Å². The maximum absolute atomic E-state index is 13.4. The smallest absolute Gasteiger partial charge is 0.264 e. The molecule has 1 fully saturated rings. The third kappa shape index (κ3) is 5.78. The minimum absolute atomic E-state index is 0.156. The molecule has 0 saturated carbocycles. The van der Waals surface area contributed by atoms with Crippen LogP contribution in [-0.2, 0) is 21.4 Å². The Morgan fingerprint density at radius 2 is 1.53 bits per heavy atom. The van der Waals surface area contributed by atoms with Gasteiger partial charge >= 0.3 is 0 Å². The first-order valence-corrected chi connectivity index (χ1v) is 13.1. The van der Waals surface area contributed by atoms with Crippen LogP contribution in [0.2, 0.25) is 0 Å². The maximum Gasteiger partial charge on any atom is 0.264 e. The van der Waals surface area contributed by atoms with E-state index in [4.69, 9.17) is 0 Å². The number of rotatable bonds is 8. The summed E-state index contributed by atoms with van der Waals surface area (Å²) in [5, 5.41) is 2.87. The Balaban J connectivity index is 1.44. The lowest BCUT2D eigenvalue weighted by atomic mass is 10.1. The van der Waals surface area contributed by atoms with Gasteiger partial charge in [0.15, 0.2) is 0 Å². The first-order valence-electron chi connectivity index (χ1n) is 11.7. The van der Waals surface area contributed by atoms with Crippen LogP contribution in [-0.4, -0.2) is 34.0 Å². The number of carbonyl (C=O) groups excluding carboxylic acids is 1. The summed E-state index contributed by atoms with van der Waals surface area (Å²) in [7, 11) is -3.90. The highest BCUT2D eigenvalue weighted by atomic mass is 32.2. The fourth-order valence-electron chi connectivity index (χ4n) is 4.11. The van der Waals surface area contributed by atoms with Crippen LogP contribution in [0.4, 0.5) is 11.4 Å². The number of nitrogens with zero attached hydrogens (tertiary/aromatic N) is 2. The van der Waals surface area contributed by atoms with Gasteiger partial charge in [-0.05, 0) is 68.1 Å². The number of carbonyl (C=O) groups is 1.